The van der Waals surface area contributed by atoms with Gasteiger partial charge in [-0.1, -0.05) is 6.92 Å². The van der Waals surface area contributed by atoms with Crippen LogP contribution in [0.2, 0.25) is 0 Å². The first-order chi connectivity index (χ1) is 5.83. The molecule has 0 aromatic heterocycles. The van der Waals surface area contributed by atoms with E-state index >= 15 is 0 Å². The summed E-state index contributed by atoms with van der Waals surface area (Å²) in [6.07, 6.45) is 2.14. The normalized spacial score (nSPS) is 29.5. The average molecular weight is 174 g/mol. The number of ether oxygens (including phenoxy) is 3. The summed E-state index contributed by atoms with van der Waals surface area (Å²) in [6.45, 7) is 6.42. The third kappa shape index (κ3) is 3.52. The SMILES string of the molecule is CCCOCC[C@@H]1OC[C@H](C)O1. The van der Waals surface area contributed by atoms with Gasteiger partial charge in [0.2, 0.25) is 0 Å². The number of hydrogen-bond acceptors (Lipinski definition) is 3. The molecule has 1 fully saturated rings. The van der Waals surface area contributed by atoms with Crippen LogP contribution in [0.15, 0.2) is 0 Å². The Hall–Kier alpha value is -0.120. The fraction of sp³-hybridized carbons (Fsp3) is 1.00. The zero-order valence-electron chi connectivity index (χ0n) is 7.91. The summed E-state index contributed by atoms with van der Waals surface area (Å²) in [6, 6.07) is 0. The Morgan fingerprint density at radius 1 is 1.42 bits per heavy atom. The molecule has 0 aliphatic carbocycles. The third-order valence-electron chi connectivity index (χ3n) is 1.75. The zero-order valence-corrected chi connectivity index (χ0v) is 7.91. The molecule has 0 unspecified atom stereocenters. The largest absolute Gasteiger partial charge is 0.381 e. The molecular formula is C9H18O3. The molecule has 0 amide bonds. The van der Waals surface area contributed by atoms with Gasteiger partial charge in [-0.2, -0.15) is 0 Å². The van der Waals surface area contributed by atoms with Crippen molar-refractivity contribution in [2.75, 3.05) is 19.8 Å². The van der Waals surface area contributed by atoms with Gasteiger partial charge in [-0.05, 0) is 13.3 Å². The second-order valence-electron chi connectivity index (χ2n) is 3.11. The lowest BCUT2D eigenvalue weighted by molar-refractivity contribution is -0.0725. The van der Waals surface area contributed by atoms with Crippen molar-refractivity contribution in [3.05, 3.63) is 0 Å². The Bertz CT molecular complexity index is 116. The third-order valence-corrected chi connectivity index (χ3v) is 1.75. The van der Waals surface area contributed by atoms with Crippen molar-refractivity contribution in [3.63, 3.8) is 0 Å². The van der Waals surface area contributed by atoms with E-state index in [0.717, 1.165) is 32.7 Å². The van der Waals surface area contributed by atoms with Gasteiger partial charge in [-0.25, -0.2) is 0 Å². The van der Waals surface area contributed by atoms with Gasteiger partial charge in [-0.15, -0.1) is 0 Å². The standard InChI is InChI=1S/C9H18O3/c1-3-5-10-6-4-9-11-7-8(2)12-9/h8-9H,3-7H2,1-2H3/t8-,9+/m0/s1. The second kappa shape index (κ2) is 5.51. The highest BCUT2D eigenvalue weighted by Gasteiger charge is 2.21. The monoisotopic (exact) mass is 174 g/mol. The summed E-state index contributed by atoms with van der Waals surface area (Å²) >= 11 is 0. The summed E-state index contributed by atoms with van der Waals surface area (Å²) in [5, 5.41) is 0. The van der Waals surface area contributed by atoms with Crippen molar-refractivity contribution < 1.29 is 14.2 Å². The molecule has 0 N–H and O–H groups in total. The van der Waals surface area contributed by atoms with Gasteiger partial charge in [0.1, 0.15) is 0 Å². The van der Waals surface area contributed by atoms with E-state index in [0.29, 0.717) is 0 Å². The van der Waals surface area contributed by atoms with E-state index in [-0.39, 0.29) is 12.4 Å². The van der Waals surface area contributed by atoms with Crippen LogP contribution in [0.5, 0.6) is 0 Å². The molecule has 0 bridgehead atoms. The van der Waals surface area contributed by atoms with Crippen LogP contribution in [-0.2, 0) is 14.2 Å². The van der Waals surface area contributed by atoms with Crippen LogP contribution in [0, 0.1) is 0 Å². The van der Waals surface area contributed by atoms with Crippen LogP contribution in [0.3, 0.4) is 0 Å². The first-order valence-corrected chi connectivity index (χ1v) is 4.67. The predicted octanol–water partition coefficient (Wildman–Crippen LogP) is 1.56. The van der Waals surface area contributed by atoms with Crippen molar-refractivity contribution in [3.8, 4) is 0 Å². The van der Waals surface area contributed by atoms with E-state index < -0.39 is 0 Å². The lowest BCUT2D eigenvalue weighted by Gasteiger charge is -2.09. The zero-order chi connectivity index (χ0) is 8.81. The molecule has 1 rings (SSSR count). The van der Waals surface area contributed by atoms with Gasteiger partial charge >= 0.3 is 0 Å². The Morgan fingerprint density at radius 3 is 2.83 bits per heavy atom. The summed E-state index contributed by atoms with van der Waals surface area (Å²) in [7, 11) is 0. The van der Waals surface area contributed by atoms with Crippen molar-refractivity contribution in [1.82, 2.24) is 0 Å². The lowest BCUT2D eigenvalue weighted by atomic mass is 10.4. The smallest absolute Gasteiger partial charge is 0.160 e. The van der Waals surface area contributed by atoms with Gasteiger partial charge < -0.3 is 14.2 Å². The van der Waals surface area contributed by atoms with Crippen molar-refractivity contribution in [2.24, 2.45) is 0 Å². The summed E-state index contributed by atoms with van der Waals surface area (Å²) < 4.78 is 16.1. The Labute approximate surface area is 74.0 Å². The minimum Gasteiger partial charge on any atom is -0.381 e. The maximum atomic E-state index is 5.44. The molecule has 1 heterocycles. The summed E-state index contributed by atoms with van der Waals surface area (Å²) in [5.41, 5.74) is 0. The van der Waals surface area contributed by atoms with E-state index in [4.69, 9.17) is 14.2 Å². The van der Waals surface area contributed by atoms with Gasteiger partial charge in [0.25, 0.3) is 0 Å². The maximum Gasteiger partial charge on any atom is 0.160 e. The highest BCUT2D eigenvalue weighted by Crippen LogP contribution is 2.13. The van der Waals surface area contributed by atoms with Gasteiger partial charge in [-0.3, -0.25) is 0 Å². The fourth-order valence-corrected chi connectivity index (χ4v) is 1.16. The van der Waals surface area contributed by atoms with Gasteiger partial charge in [0.05, 0.1) is 19.3 Å². The van der Waals surface area contributed by atoms with Crippen LogP contribution in [-0.4, -0.2) is 32.2 Å². The Morgan fingerprint density at radius 2 is 2.25 bits per heavy atom. The van der Waals surface area contributed by atoms with Crippen molar-refractivity contribution in [1.29, 1.82) is 0 Å². The highest BCUT2D eigenvalue weighted by atomic mass is 16.7. The minimum atomic E-state index is -0.0307. The lowest BCUT2D eigenvalue weighted by Crippen LogP contribution is -2.12. The molecule has 0 aromatic rings. The summed E-state index contributed by atoms with van der Waals surface area (Å²) in [5.74, 6) is 0. The molecule has 1 saturated heterocycles. The van der Waals surface area contributed by atoms with E-state index in [1.54, 1.807) is 0 Å². The van der Waals surface area contributed by atoms with E-state index in [2.05, 4.69) is 6.92 Å². The quantitative estimate of drug-likeness (QED) is 0.592. The van der Waals surface area contributed by atoms with Crippen LogP contribution >= 0.6 is 0 Å². The first kappa shape index (κ1) is 9.96. The van der Waals surface area contributed by atoms with Crippen molar-refractivity contribution >= 4 is 0 Å². The molecule has 12 heavy (non-hydrogen) atoms. The van der Waals surface area contributed by atoms with E-state index in [1.165, 1.54) is 0 Å². The van der Waals surface area contributed by atoms with Crippen LogP contribution < -0.4 is 0 Å². The second-order valence-corrected chi connectivity index (χ2v) is 3.11. The molecule has 2 atom stereocenters. The molecule has 3 nitrogen and oxygen atoms in total. The maximum absolute atomic E-state index is 5.44. The molecule has 1 aliphatic rings. The number of rotatable bonds is 5. The van der Waals surface area contributed by atoms with E-state index in [1.807, 2.05) is 6.92 Å². The molecule has 0 spiro atoms. The molecule has 1 aliphatic heterocycles. The predicted molar refractivity (Wildman–Crippen MR) is 46.0 cm³/mol. The Kier molecular flexibility index (Phi) is 4.58. The van der Waals surface area contributed by atoms with Gasteiger partial charge in [0, 0.05) is 13.0 Å². The molecular weight excluding hydrogens is 156 g/mol. The topological polar surface area (TPSA) is 27.7 Å². The highest BCUT2D eigenvalue weighted by molar-refractivity contribution is 4.59. The fourth-order valence-electron chi connectivity index (χ4n) is 1.16. The van der Waals surface area contributed by atoms with Crippen LogP contribution in [0.1, 0.15) is 26.7 Å². The number of hydrogen-bond donors (Lipinski definition) is 0. The molecule has 0 aromatic carbocycles. The Balaban J connectivity index is 1.93. The summed E-state index contributed by atoms with van der Waals surface area (Å²) in [4.78, 5) is 0. The van der Waals surface area contributed by atoms with Gasteiger partial charge in [0.15, 0.2) is 6.29 Å². The minimum absolute atomic E-state index is 0.0307. The van der Waals surface area contributed by atoms with Crippen LogP contribution in [0.25, 0.3) is 0 Å². The first-order valence-electron chi connectivity index (χ1n) is 4.67. The van der Waals surface area contributed by atoms with E-state index in [9.17, 15) is 0 Å². The van der Waals surface area contributed by atoms with Crippen molar-refractivity contribution in [2.45, 2.75) is 39.1 Å². The molecule has 0 radical (unpaired) electrons. The van der Waals surface area contributed by atoms with Crippen LogP contribution in [0.4, 0.5) is 0 Å². The molecule has 3 heteroatoms. The average Bonchev–Trinajstić information content (AvgIpc) is 2.45. The molecule has 0 saturated carbocycles. The molecule has 72 valence electrons.